The van der Waals surface area contributed by atoms with Crippen LogP contribution in [0.2, 0.25) is 0 Å². The quantitative estimate of drug-likeness (QED) is 0.0517. The number of ether oxygens (including phenoxy) is 4. The molecule has 0 saturated carbocycles. The van der Waals surface area contributed by atoms with E-state index in [1.165, 1.54) is 24.8 Å². The molecular weight excluding hydrogens is 752 g/mol. The van der Waals surface area contributed by atoms with E-state index >= 15 is 0 Å². The fourth-order valence-electron chi connectivity index (χ4n) is 5.71. The molecule has 1 atom stereocenters. The summed E-state index contributed by atoms with van der Waals surface area (Å²) in [6, 6.07) is 6.93. The number of aryl methyl sites for hydroxylation is 1. The average molecular weight is 823 g/mol. The van der Waals surface area contributed by atoms with Crippen molar-refractivity contribution in [3.63, 3.8) is 0 Å². The third-order valence-corrected chi connectivity index (χ3v) is 9.11. The zero-order valence-corrected chi connectivity index (χ0v) is 34.7. The Kier molecular flexibility index (Phi) is 32.2. The van der Waals surface area contributed by atoms with Gasteiger partial charge in [0.2, 0.25) is 23.6 Å². The number of carbonyl (C=O) groups excluding carboxylic acids is 4. The van der Waals surface area contributed by atoms with Gasteiger partial charge in [0.15, 0.2) is 0 Å². The number of nitrogens with one attached hydrogen (secondary N) is 4. The Hall–Kier alpha value is -4.12. The van der Waals surface area contributed by atoms with Crippen molar-refractivity contribution in [2.45, 2.75) is 129 Å². The third-order valence-electron chi connectivity index (χ3n) is 9.11. The predicted octanol–water partition coefficient (Wildman–Crippen LogP) is 4.06. The lowest BCUT2D eigenvalue weighted by Crippen LogP contribution is -2.41. The Labute approximate surface area is 344 Å². The molecule has 330 valence electrons. The molecule has 0 saturated heterocycles. The molecule has 0 unspecified atom stereocenters. The van der Waals surface area contributed by atoms with E-state index in [-0.39, 0.29) is 109 Å². The van der Waals surface area contributed by atoms with E-state index in [9.17, 15) is 33.9 Å². The number of unbranched alkanes of at least 4 members (excludes halogenated alkanes) is 11. The highest BCUT2D eigenvalue weighted by atomic mass is 16.5. The van der Waals surface area contributed by atoms with Gasteiger partial charge in [0.1, 0.15) is 19.3 Å². The lowest BCUT2D eigenvalue weighted by molar-refractivity contribution is -0.142. The molecule has 1 rings (SSSR count). The minimum absolute atomic E-state index is 0.0254. The summed E-state index contributed by atoms with van der Waals surface area (Å²) < 4.78 is 21.4. The number of rotatable bonds is 39. The highest BCUT2D eigenvalue weighted by molar-refractivity contribution is 5.84. The molecule has 6 N–H and O–H groups in total. The number of hydrogen-bond acceptors (Lipinski definition) is 10. The Balaban J connectivity index is 1.92. The van der Waals surface area contributed by atoms with Crippen LogP contribution < -0.4 is 21.3 Å². The maximum atomic E-state index is 12.3. The zero-order valence-electron chi connectivity index (χ0n) is 34.7. The van der Waals surface area contributed by atoms with E-state index in [1.807, 2.05) is 24.3 Å². The van der Waals surface area contributed by atoms with E-state index in [4.69, 9.17) is 24.1 Å². The number of carbonyl (C=O) groups is 6. The van der Waals surface area contributed by atoms with E-state index in [0.717, 1.165) is 63.4 Å². The second-order valence-corrected chi connectivity index (χ2v) is 14.1. The van der Waals surface area contributed by atoms with Crippen LogP contribution in [-0.2, 0) is 60.7 Å². The first kappa shape index (κ1) is 51.9. The summed E-state index contributed by atoms with van der Waals surface area (Å²) in [6.45, 7) is 4.23. The fourth-order valence-corrected chi connectivity index (χ4v) is 5.71. The second kappa shape index (κ2) is 36.0. The molecule has 0 heterocycles. The van der Waals surface area contributed by atoms with Gasteiger partial charge in [0.25, 0.3) is 0 Å². The van der Waals surface area contributed by atoms with Gasteiger partial charge in [-0.15, -0.1) is 0 Å². The Morgan fingerprint density at radius 1 is 0.517 bits per heavy atom. The highest BCUT2D eigenvalue weighted by Gasteiger charge is 2.20. The zero-order chi connectivity index (χ0) is 42.5. The first-order valence-corrected chi connectivity index (χ1v) is 21.0. The van der Waals surface area contributed by atoms with E-state index in [0.29, 0.717) is 19.5 Å². The van der Waals surface area contributed by atoms with Gasteiger partial charge < -0.3 is 50.4 Å². The van der Waals surface area contributed by atoms with Crippen LogP contribution in [0.1, 0.15) is 121 Å². The Morgan fingerprint density at radius 2 is 0.966 bits per heavy atom. The standard InChI is InChI=1S/C42H70N4O12/c1-2-34-17-19-35(20-18-34)31-45-40(50)33-58-30-28-56-26-24-44-39(49)32-57-29-27-55-25-23-43-37(47)22-21-36(42(53)54)46-38(48)15-13-11-9-7-5-3-4-6-8-10-12-14-16-41(51)52/h17-20,36H,2-16,21-33H2,1H3,(H,43,47)(H,44,49)(H,45,50)(H,46,48)(H,51,52)(H,53,54)/t36-/m0/s1. The lowest BCUT2D eigenvalue weighted by atomic mass is 10.0. The van der Waals surface area contributed by atoms with Crippen LogP contribution in [0.3, 0.4) is 0 Å². The van der Waals surface area contributed by atoms with Crippen molar-refractivity contribution in [2.24, 2.45) is 0 Å². The molecule has 0 bridgehead atoms. The van der Waals surface area contributed by atoms with Crippen LogP contribution in [0.4, 0.5) is 0 Å². The van der Waals surface area contributed by atoms with Crippen molar-refractivity contribution in [3.05, 3.63) is 35.4 Å². The molecule has 0 aromatic heterocycles. The average Bonchev–Trinajstić information content (AvgIpc) is 3.20. The molecule has 16 nitrogen and oxygen atoms in total. The third kappa shape index (κ3) is 31.9. The second-order valence-electron chi connectivity index (χ2n) is 14.1. The van der Waals surface area contributed by atoms with Crippen LogP contribution in [0.15, 0.2) is 24.3 Å². The van der Waals surface area contributed by atoms with Crippen molar-refractivity contribution in [2.75, 3.05) is 65.9 Å². The van der Waals surface area contributed by atoms with E-state index in [2.05, 4.69) is 28.2 Å². The SMILES string of the molecule is CCc1ccc(CNC(=O)COCCOCCNC(=O)COCCOCCNC(=O)CC[C@H](NC(=O)CCCCCCCCCCCCCCC(=O)O)C(=O)O)cc1. The molecule has 1 aromatic carbocycles. The van der Waals surface area contributed by atoms with Gasteiger partial charge in [-0.1, -0.05) is 95.4 Å². The molecule has 0 spiro atoms. The monoisotopic (exact) mass is 822 g/mol. The van der Waals surface area contributed by atoms with Crippen molar-refractivity contribution in [3.8, 4) is 0 Å². The Morgan fingerprint density at radius 3 is 1.47 bits per heavy atom. The maximum absolute atomic E-state index is 12.3. The summed E-state index contributed by atoms with van der Waals surface area (Å²) in [5, 5.41) is 28.8. The van der Waals surface area contributed by atoms with Gasteiger partial charge in [-0.05, 0) is 36.8 Å². The summed E-state index contributed by atoms with van der Waals surface area (Å²) in [5.41, 5.74) is 2.27. The summed E-state index contributed by atoms with van der Waals surface area (Å²) in [7, 11) is 0. The van der Waals surface area contributed by atoms with E-state index in [1.54, 1.807) is 0 Å². The maximum Gasteiger partial charge on any atom is 0.326 e. The number of aliphatic carboxylic acids is 2. The smallest absolute Gasteiger partial charge is 0.326 e. The molecule has 1 aromatic rings. The number of carboxylic acids is 2. The van der Waals surface area contributed by atoms with Gasteiger partial charge in [0.05, 0.1) is 39.6 Å². The molecule has 0 aliphatic heterocycles. The molecule has 0 radical (unpaired) electrons. The predicted molar refractivity (Wildman–Crippen MR) is 218 cm³/mol. The van der Waals surface area contributed by atoms with Crippen molar-refractivity contribution in [1.29, 1.82) is 0 Å². The molecule has 58 heavy (non-hydrogen) atoms. The number of hydrogen-bond donors (Lipinski definition) is 6. The molecule has 0 aliphatic rings. The largest absolute Gasteiger partial charge is 0.481 e. The first-order valence-electron chi connectivity index (χ1n) is 21.0. The van der Waals surface area contributed by atoms with Crippen molar-refractivity contribution < 1.29 is 57.9 Å². The summed E-state index contributed by atoms with van der Waals surface area (Å²) in [4.78, 5) is 70.4. The summed E-state index contributed by atoms with van der Waals surface area (Å²) in [5.74, 6) is -3.11. The van der Waals surface area contributed by atoms with Gasteiger partial charge in [0, 0.05) is 38.9 Å². The molecule has 4 amide bonds. The highest BCUT2D eigenvalue weighted by Crippen LogP contribution is 2.13. The van der Waals surface area contributed by atoms with Gasteiger partial charge in [-0.2, -0.15) is 0 Å². The van der Waals surface area contributed by atoms with Crippen LogP contribution in [0.5, 0.6) is 0 Å². The molecule has 16 heteroatoms. The number of benzene rings is 1. The lowest BCUT2D eigenvalue weighted by Gasteiger charge is -2.14. The minimum Gasteiger partial charge on any atom is -0.481 e. The van der Waals surface area contributed by atoms with Gasteiger partial charge in [-0.25, -0.2) is 4.79 Å². The summed E-state index contributed by atoms with van der Waals surface area (Å²) >= 11 is 0. The first-order chi connectivity index (χ1) is 28.1. The molecule has 0 aliphatic carbocycles. The van der Waals surface area contributed by atoms with Crippen molar-refractivity contribution >= 4 is 35.6 Å². The van der Waals surface area contributed by atoms with Crippen LogP contribution >= 0.6 is 0 Å². The molecular formula is C42H70N4O12. The van der Waals surface area contributed by atoms with Crippen LogP contribution in [0, 0.1) is 0 Å². The fraction of sp³-hybridized carbons (Fsp3) is 0.714. The van der Waals surface area contributed by atoms with Crippen molar-refractivity contribution in [1.82, 2.24) is 21.3 Å². The number of amides is 4. The summed E-state index contributed by atoms with van der Waals surface area (Å²) in [6.07, 6.45) is 13.7. The van der Waals surface area contributed by atoms with Crippen LogP contribution in [0.25, 0.3) is 0 Å². The van der Waals surface area contributed by atoms with Gasteiger partial charge in [-0.3, -0.25) is 24.0 Å². The number of carboxylic acid groups (broad SMARTS) is 2. The topological polar surface area (TPSA) is 228 Å². The van der Waals surface area contributed by atoms with E-state index < -0.39 is 18.0 Å². The van der Waals surface area contributed by atoms with Crippen LogP contribution in [-0.4, -0.2) is 118 Å². The minimum atomic E-state index is -1.18. The Bertz CT molecular complexity index is 1280. The van der Waals surface area contributed by atoms with Gasteiger partial charge >= 0.3 is 11.9 Å². The molecule has 0 fully saturated rings. The normalized spacial score (nSPS) is 11.5.